The molecule has 0 aliphatic carbocycles. The zero-order valence-electron chi connectivity index (χ0n) is 8.69. The molecule has 16 heavy (non-hydrogen) atoms. The van der Waals surface area contributed by atoms with Crippen LogP contribution in [-0.2, 0) is 0 Å². The predicted octanol–water partition coefficient (Wildman–Crippen LogP) is 3.42. The number of nitrogens with two attached hydrogens (primary N) is 1. The van der Waals surface area contributed by atoms with Gasteiger partial charge in [-0.15, -0.1) is 0 Å². The Balaban J connectivity index is 2.42. The average molecular weight is 345 g/mol. The SMILES string of the molecule is CC(N)c1ccc(-n2cc(Br)cn2)cc1Br. The number of halogens is 2. The van der Waals surface area contributed by atoms with Gasteiger partial charge in [0.25, 0.3) is 0 Å². The van der Waals surface area contributed by atoms with Gasteiger partial charge in [-0.25, -0.2) is 4.68 Å². The molecular formula is C11H11Br2N3. The molecule has 0 aliphatic heterocycles. The van der Waals surface area contributed by atoms with Crippen molar-refractivity contribution < 1.29 is 0 Å². The first-order valence-electron chi connectivity index (χ1n) is 4.83. The Morgan fingerprint density at radius 3 is 2.62 bits per heavy atom. The Bertz CT molecular complexity index is 506. The lowest BCUT2D eigenvalue weighted by Crippen LogP contribution is -2.06. The summed E-state index contributed by atoms with van der Waals surface area (Å²) in [5.41, 5.74) is 7.94. The average Bonchev–Trinajstić information content (AvgIpc) is 2.64. The summed E-state index contributed by atoms with van der Waals surface area (Å²) in [6.45, 7) is 1.96. The summed E-state index contributed by atoms with van der Waals surface area (Å²) < 4.78 is 3.77. The summed E-state index contributed by atoms with van der Waals surface area (Å²) in [6, 6.07) is 6.05. The molecule has 0 amide bonds. The highest BCUT2D eigenvalue weighted by molar-refractivity contribution is 9.10. The van der Waals surface area contributed by atoms with E-state index < -0.39 is 0 Å². The summed E-state index contributed by atoms with van der Waals surface area (Å²) in [4.78, 5) is 0. The van der Waals surface area contributed by atoms with Crippen molar-refractivity contribution in [1.82, 2.24) is 9.78 Å². The van der Waals surface area contributed by atoms with Crippen LogP contribution in [0.5, 0.6) is 0 Å². The molecule has 2 N–H and O–H groups in total. The summed E-state index contributed by atoms with van der Waals surface area (Å²) in [5, 5.41) is 4.22. The van der Waals surface area contributed by atoms with Crippen LogP contribution < -0.4 is 5.73 Å². The van der Waals surface area contributed by atoms with Crippen LogP contribution in [-0.4, -0.2) is 9.78 Å². The van der Waals surface area contributed by atoms with Crippen LogP contribution >= 0.6 is 31.9 Å². The highest BCUT2D eigenvalue weighted by Gasteiger charge is 2.07. The first kappa shape index (κ1) is 11.8. The zero-order chi connectivity index (χ0) is 11.7. The zero-order valence-corrected chi connectivity index (χ0v) is 11.9. The fraction of sp³-hybridized carbons (Fsp3) is 0.182. The molecule has 0 aliphatic rings. The summed E-state index contributed by atoms with van der Waals surface area (Å²) in [6.07, 6.45) is 3.67. The Morgan fingerprint density at radius 1 is 1.38 bits per heavy atom. The smallest absolute Gasteiger partial charge is 0.0657 e. The van der Waals surface area contributed by atoms with E-state index in [4.69, 9.17) is 5.73 Å². The third kappa shape index (κ3) is 2.36. The second-order valence-corrected chi connectivity index (χ2v) is 5.37. The molecule has 0 bridgehead atoms. The van der Waals surface area contributed by atoms with Gasteiger partial charge in [0.05, 0.1) is 16.4 Å². The molecule has 1 aromatic heterocycles. The molecule has 0 fully saturated rings. The molecule has 2 rings (SSSR count). The fourth-order valence-corrected chi connectivity index (χ4v) is 2.48. The van der Waals surface area contributed by atoms with Crippen LogP contribution in [0.2, 0.25) is 0 Å². The lowest BCUT2D eigenvalue weighted by molar-refractivity contribution is 0.809. The highest BCUT2D eigenvalue weighted by Crippen LogP contribution is 2.25. The molecule has 1 heterocycles. The highest BCUT2D eigenvalue weighted by atomic mass is 79.9. The van der Waals surface area contributed by atoms with Crippen molar-refractivity contribution in [2.75, 3.05) is 0 Å². The third-order valence-corrected chi connectivity index (χ3v) is 3.39. The second-order valence-electron chi connectivity index (χ2n) is 3.60. The Morgan fingerprint density at radius 2 is 2.12 bits per heavy atom. The molecule has 1 aromatic carbocycles. The lowest BCUT2D eigenvalue weighted by atomic mass is 10.1. The van der Waals surface area contributed by atoms with Gasteiger partial charge in [-0.3, -0.25) is 0 Å². The van der Waals surface area contributed by atoms with Crippen molar-refractivity contribution >= 4 is 31.9 Å². The first-order chi connectivity index (χ1) is 7.58. The van der Waals surface area contributed by atoms with Crippen molar-refractivity contribution in [2.45, 2.75) is 13.0 Å². The van der Waals surface area contributed by atoms with Gasteiger partial charge in [0.1, 0.15) is 0 Å². The second kappa shape index (κ2) is 4.69. The Labute approximate surface area is 111 Å². The number of hydrogen-bond donors (Lipinski definition) is 1. The van der Waals surface area contributed by atoms with Crippen molar-refractivity contribution in [3.63, 3.8) is 0 Å². The molecule has 0 radical (unpaired) electrons. The Kier molecular flexibility index (Phi) is 3.47. The van der Waals surface area contributed by atoms with E-state index in [1.54, 1.807) is 10.9 Å². The maximum atomic E-state index is 5.85. The number of hydrogen-bond acceptors (Lipinski definition) is 2. The molecule has 0 saturated heterocycles. The lowest BCUT2D eigenvalue weighted by Gasteiger charge is -2.10. The van der Waals surface area contributed by atoms with Gasteiger partial charge in [-0.1, -0.05) is 22.0 Å². The summed E-state index contributed by atoms with van der Waals surface area (Å²) in [7, 11) is 0. The molecule has 0 saturated carbocycles. The monoisotopic (exact) mass is 343 g/mol. The van der Waals surface area contributed by atoms with Gasteiger partial charge >= 0.3 is 0 Å². The van der Waals surface area contributed by atoms with E-state index >= 15 is 0 Å². The van der Waals surface area contributed by atoms with E-state index in [0.29, 0.717) is 0 Å². The van der Waals surface area contributed by atoms with Gasteiger partial charge in [0.2, 0.25) is 0 Å². The van der Waals surface area contributed by atoms with Crippen LogP contribution in [0.1, 0.15) is 18.5 Å². The van der Waals surface area contributed by atoms with Gasteiger partial charge < -0.3 is 5.73 Å². The van der Waals surface area contributed by atoms with E-state index in [1.807, 2.05) is 31.3 Å². The van der Waals surface area contributed by atoms with E-state index in [1.165, 1.54) is 0 Å². The minimum absolute atomic E-state index is 0.0211. The number of nitrogens with zero attached hydrogens (tertiary/aromatic N) is 2. The van der Waals surface area contributed by atoms with Crippen LogP contribution in [0.15, 0.2) is 39.5 Å². The summed E-state index contributed by atoms with van der Waals surface area (Å²) >= 11 is 6.89. The standard InChI is InChI=1S/C11H11Br2N3/c1-7(14)10-3-2-9(4-11(10)13)16-6-8(12)5-15-16/h2-7H,14H2,1H3. The molecule has 3 nitrogen and oxygen atoms in total. The van der Waals surface area contributed by atoms with Crippen molar-refractivity contribution in [3.05, 3.63) is 45.1 Å². The largest absolute Gasteiger partial charge is 0.324 e. The van der Waals surface area contributed by atoms with E-state index in [0.717, 1.165) is 20.2 Å². The normalized spacial score (nSPS) is 12.8. The van der Waals surface area contributed by atoms with Crippen LogP contribution in [0.25, 0.3) is 5.69 Å². The molecular weight excluding hydrogens is 334 g/mol. The number of aromatic nitrogens is 2. The van der Waals surface area contributed by atoms with Gasteiger partial charge in [0.15, 0.2) is 0 Å². The van der Waals surface area contributed by atoms with Crippen molar-refractivity contribution in [1.29, 1.82) is 0 Å². The number of benzene rings is 1. The summed E-state index contributed by atoms with van der Waals surface area (Å²) in [5.74, 6) is 0. The van der Waals surface area contributed by atoms with Crippen LogP contribution in [0.4, 0.5) is 0 Å². The topological polar surface area (TPSA) is 43.8 Å². The van der Waals surface area contributed by atoms with E-state index in [-0.39, 0.29) is 6.04 Å². The van der Waals surface area contributed by atoms with Crippen molar-refractivity contribution in [3.8, 4) is 5.69 Å². The van der Waals surface area contributed by atoms with Crippen LogP contribution in [0.3, 0.4) is 0 Å². The molecule has 5 heteroatoms. The first-order valence-corrected chi connectivity index (χ1v) is 6.42. The fourth-order valence-electron chi connectivity index (χ4n) is 1.47. The predicted molar refractivity (Wildman–Crippen MR) is 71.6 cm³/mol. The molecule has 84 valence electrons. The van der Waals surface area contributed by atoms with Crippen molar-refractivity contribution in [2.24, 2.45) is 5.73 Å². The number of rotatable bonds is 2. The molecule has 1 unspecified atom stereocenters. The van der Waals surface area contributed by atoms with E-state index in [2.05, 4.69) is 37.0 Å². The minimum atomic E-state index is 0.0211. The maximum Gasteiger partial charge on any atom is 0.0657 e. The Hall–Kier alpha value is -0.650. The van der Waals surface area contributed by atoms with Gasteiger partial charge in [0, 0.05) is 16.7 Å². The van der Waals surface area contributed by atoms with E-state index in [9.17, 15) is 0 Å². The van der Waals surface area contributed by atoms with Gasteiger partial charge in [-0.2, -0.15) is 5.10 Å². The molecule has 0 spiro atoms. The third-order valence-electron chi connectivity index (χ3n) is 2.29. The quantitative estimate of drug-likeness (QED) is 0.907. The van der Waals surface area contributed by atoms with Gasteiger partial charge in [-0.05, 0) is 40.5 Å². The molecule has 1 atom stereocenters. The maximum absolute atomic E-state index is 5.85. The van der Waals surface area contributed by atoms with Crippen LogP contribution in [0, 0.1) is 0 Å². The minimum Gasteiger partial charge on any atom is -0.324 e. The molecule has 2 aromatic rings.